The normalized spacial score (nSPS) is 26.1. The zero-order valence-electron chi connectivity index (χ0n) is 13.4. The second-order valence-corrected chi connectivity index (χ2v) is 6.63. The van der Waals surface area contributed by atoms with Gasteiger partial charge in [0.25, 0.3) is 0 Å². The van der Waals surface area contributed by atoms with Crippen molar-refractivity contribution >= 4 is 0 Å². The van der Waals surface area contributed by atoms with Crippen molar-refractivity contribution in [2.24, 2.45) is 5.92 Å². The second kappa shape index (κ2) is 7.28. The van der Waals surface area contributed by atoms with Crippen LogP contribution in [0, 0.1) is 5.92 Å². The smallest absolute Gasteiger partial charge is 0.105 e. The Bertz CT molecular complexity index is 374. The molecule has 0 aromatic carbocycles. The Kier molecular flexibility index (Phi) is 5.67. The van der Waals surface area contributed by atoms with Crippen LogP contribution in [0.25, 0.3) is 0 Å². The second-order valence-electron chi connectivity index (χ2n) is 6.63. The molecular weight excluding hydrogens is 248 g/mol. The van der Waals surface area contributed by atoms with E-state index in [1.54, 1.807) is 6.26 Å². The van der Waals surface area contributed by atoms with Gasteiger partial charge in [-0.3, -0.25) is 4.90 Å². The van der Waals surface area contributed by atoms with Gasteiger partial charge in [-0.15, -0.1) is 0 Å². The van der Waals surface area contributed by atoms with Crippen LogP contribution in [0.2, 0.25) is 0 Å². The van der Waals surface area contributed by atoms with E-state index in [0.29, 0.717) is 18.1 Å². The number of furan rings is 1. The molecule has 0 spiro atoms. The summed E-state index contributed by atoms with van der Waals surface area (Å²) >= 11 is 0. The molecule has 1 aliphatic heterocycles. The van der Waals surface area contributed by atoms with Crippen molar-refractivity contribution in [3.8, 4) is 0 Å². The minimum atomic E-state index is 0.544. The zero-order valence-corrected chi connectivity index (χ0v) is 13.4. The Labute approximate surface area is 123 Å². The van der Waals surface area contributed by atoms with Crippen LogP contribution in [0.3, 0.4) is 0 Å². The molecule has 1 N–H and O–H groups in total. The summed E-state index contributed by atoms with van der Waals surface area (Å²) in [4.78, 5) is 2.69. The summed E-state index contributed by atoms with van der Waals surface area (Å²) in [5.74, 6) is 1.86. The van der Waals surface area contributed by atoms with Crippen LogP contribution >= 0.6 is 0 Å². The van der Waals surface area contributed by atoms with Gasteiger partial charge in [-0.2, -0.15) is 0 Å². The molecule has 0 bridgehead atoms. The molecule has 1 saturated heterocycles. The van der Waals surface area contributed by atoms with Crippen LogP contribution in [0.1, 0.15) is 46.3 Å². The van der Waals surface area contributed by atoms with Gasteiger partial charge in [0.15, 0.2) is 0 Å². The van der Waals surface area contributed by atoms with Gasteiger partial charge in [0, 0.05) is 37.6 Å². The predicted octanol–water partition coefficient (Wildman–Crippen LogP) is 3.31. The van der Waals surface area contributed by atoms with E-state index in [4.69, 9.17) is 4.42 Å². The molecule has 3 nitrogen and oxygen atoms in total. The summed E-state index contributed by atoms with van der Waals surface area (Å²) in [6.07, 6.45) is 5.26. The molecule has 3 heteroatoms. The van der Waals surface area contributed by atoms with Gasteiger partial charge in [0.2, 0.25) is 0 Å². The summed E-state index contributed by atoms with van der Waals surface area (Å²) in [5.41, 5.74) is 0. The van der Waals surface area contributed by atoms with Crippen LogP contribution in [-0.2, 0) is 6.42 Å². The van der Waals surface area contributed by atoms with Crippen molar-refractivity contribution in [2.75, 3.05) is 13.1 Å². The molecule has 1 aromatic rings. The average Bonchev–Trinajstić information content (AvgIpc) is 2.90. The maximum atomic E-state index is 5.51. The fourth-order valence-electron chi connectivity index (χ4n) is 3.37. The molecule has 1 fully saturated rings. The first kappa shape index (κ1) is 15.6. The highest BCUT2D eigenvalue weighted by molar-refractivity contribution is 5.01. The maximum Gasteiger partial charge on any atom is 0.105 e. The number of piperazine rings is 1. The molecule has 1 aliphatic rings. The molecule has 0 amide bonds. The first-order valence-corrected chi connectivity index (χ1v) is 8.11. The van der Waals surface area contributed by atoms with Crippen LogP contribution < -0.4 is 5.32 Å². The molecule has 2 heterocycles. The van der Waals surface area contributed by atoms with Crippen LogP contribution in [0.5, 0.6) is 0 Å². The van der Waals surface area contributed by atoms with Crippen molar-refractivity contribution in [2.45, 2.75) is 65.1 Å². The molecular formula is C17H30N2O. The minimum Gasteiger partial charge on any atom is -0.469 e. The molecule has 0 saturated carbocycles. The fraction of sp³-hybridized carbons (Fsp3) is 0.765. The van der Waals surface area contributed by atoms with Crippen molar-refractivity contribution in [3.63, 3.8) is 0 Å². The standard InChI is InChI=1S/C17H30N2O/c1-5-16-11-18-15(9-13(2)3)12-19(16)14(4)10-17-7-6-8-20-17/h6-8,13-16,18H,5,9-12H2,1-4H3. The maximum absolute atomic E-state index is 5.51. The van der Waals surface area contributed by atoms with E-state index in [-0.39, 0.29) is 0 Å². The van der Waals surface area contributed by atoms with E-state index in [0.717, 1.165) is 24.6 Å². The summed E-state index contributed by atoms with van der Waals surface area (Å²) in [6.45, 7) is 11.5. The number of hydrogen-bond acceptors (Lipinski definition) is 3. The lowest BCUT2D eigenvalue weighted by atomic mass is 9.97. The monoisotopic (exact) mass is 278 g/mol. The number of nitrogens with one attached hydrogen (secondary N) is 1. The SMILES string of the molecule is CCC1CNC(CC(C)C)CN1C(C)Cc1ccco1. The fourth-order valence-corrected chi connectivity index (χ4v) is 3.37. The van der Waals surface area contributed by atoms with Crippen molar-refractivity contribution in [1.82, 2.24) is 10.2 Å². The molecule has 0 aliphatic carbocycles. The van der Waals surface area contributed by atoms with Crippen molar-refractivity contribution in [3.05, 3.63) is 24.2 Å². The lowest BCUT2D eigenvalue weighted by molar-refractivity contribution is 0.0782. The van der Waals surface area contributed by atoms with Crippen molar-refractivity contribution < 1.29 is 4.42 Å². The molecule has 0 radical (unpaired) electrons. The van der Waals surface area contributed by atoms with Gasteiger partial charge in [-0.1, -0.05) is 20.8 Å². The molecule has 1 aromatic heterocycles. The number of rotatable bonds is 6. The molecule has 114 valence electrons. The Balaban J connectivity index is 1.96. The first-order chi connectivity index (χ1) is 9.60. The van der Waals surface area contributed by atoms with Crippen LogP contribution in [0.4, 0.5) is 0 Å². The quantitative estimate of drug-likeness (QED) is 0.865. The third-order valence-corrected chi connectivity index (χ3v) is 4.41. The van der Waals surface area contributed by atoms with E-state index >= 15 is 0 Å². The van der Waals surface area contributed by atoms with E-state index in [2.05, 4.69) is 44.0 Å². The summed E-state index contributed by atoms with van der Waals surface area (Å²) in [7, 11) is 0. The van der Waals surface area contributed by atoms with Gasteiger partial charge in [0.1, 0.15) is 5.76 Å². The molecule has 3 atom stereocenters. The third kappa shape index (κ3) is 4.10. The van der Waals surface area contributed by atoms with E-state index in [1.807, 2.05) is 6.07 Å². The first-order valence-electron chi connectivity index (χ1n) is 8.11. The Morgan fingerprint density at radius 2 is 2.20 bits per heavy atom. The molecule has 20 heavy (non-hydrogen) atoms. The van der Waals surface area contributed by atoms with Gasteiger partial charge in [0.05, 0.1) is 6.26 Å². The highest BCUT2D eigenvalue weighted by atomic mass is 16.3. The highest BCUT2D eigenvalue weighted by Crippen LogP contribution is 2.20. The van der Waals surface area contributed by atoms with Gasteiger partial charge < -0.3 is 9.73 Å². The Hall–Kier alpha value is -0.800. The van der Waals surface area contributed by atoms with Crippen LogP contribution in [-0.4, -0.2) is 36.1 Å². The van der Waals surface area contributed by atoms with Gasteiger partial charge in [-0.25, -0.2) is 0 Å². The average molecular weight is 278 g/mol. The van der Waals surface area contributed by atoms with Gasteiger partial charge >= 0.3 is 0 Å². The van der Waals surface area contributed by atoms with Crippen LogP contribution in [0.15, 0.2) is 22.8 Å². The summed E-state index contributed by atoms with van der Waals surface area (Å²) in [5, 5.41) is 3.73. The summed E-state index contributed by atoms with van der Waals surface area (Å²) < 4.78 is 5.51. The summed E-state index contributed by atoms with van der Waals surface area (Å²) in [6, 6.07) is 5.91. The predicted molar refractivity (Wildman–Crippen MR) is 83.9 cm³/mol. The number of hydrogen-bond donors (Lipinski definition) is 1. The zero-order chi connectivity index (χ0) is 14.5. The van der Waals surface area contributed by atoms with E-state index < -0.39 is 0 Å². The minimum absolute atomic E-state index is 0.544. The lowest BCUT2D eigenvalue weighted by Crippen LogP contribution is -2.59. The van der Waals surface area contributed by atoms with Gasteiger partial charge in [-0.05, 0) is 37.8 Å². The Morgan fingerprint density at radius 3 is 2.80 bits per heavy atom. The van der Waals surface area contributed by atoms with Crippen molar-refractivity contribution in [1.29, 1.82) is 0 Å². The largest absolute Gasteiger partial charge is 0.469 e. The van der Waals surface area contributed by atoms with E-state index in [9.17, 15) is 0 Å². The molecule has 3 unspecified atom stereocenters. The topological polar surface area (TPSA) is 28.4 Å². The molecule has 2 rings (SSSR count). The lowest BCUT2D eigenvalue weighted by Gasteiger charge is -2.44. The van der Waals surface area contributed by atoms with E-state index in [1.165, 1.54) is 19.4 Å². The Morgan fingerprint density at radius 1 is 1.40 bits per heavy atom. The highest BCUT2D eigenvalue weighted by Gasteiger charge is 2.30. The third-order valence-electron chi connectivity index (χ3n) is 4.41. The number of nitrogens with zero attached hydrogens (tertiary/aromatic N) is 1.